The van der Waals surface area contributed by atoms with Crippen molar-refractivity contribution >= 4 is 15.9 Å². The van der Waals surface area contributed by atoms with E-state index in [0.29, 0.717) is 18.9 Å². The average Bonchev–Trinajstić information content (AvgIpc) is 2.90. The minimum Gasteiger partial charge on any atom is -0.358 e. The van der Waals surface area contributed by atoms with Crippen molar-refractivity contribution in [3.63, 3.8) is 0 Å². The molecule has 20 heavy (non-hydrogen) atoms. The van der Waals surface area contributed by atoms with E-state index in [1.165, 1.54) is 7.05 Å². The van der Waals surface area contributed by atoms with Crippen molar-refractivity contribution < 1.29 is 22.0 Å². The molecule has 110 valence electrons. The van der Waals surface area contributed by atoms with Crippen molar-refractivity contribution in [2.45, 2.75) is 23.8 Å². The third-order valence-corrected chi connectivity index (χ3v) is 5.15. The van der Waals surface area contributed by atoms with Gasteiger partial charge in [0.2, 0.25) is 15.9 Å². The smallest absolute Gasteiger partial charge is 0.243 e. The van der Waals surface area contributed by atoms with E-state index in [9.17, 15) is 22.0 Å². The molecule has 1 amide bonds. The normalized spacial score (nSPS) is 20.1. The summed E-state index contributed by atoms with van der Waals surface area (Å²) < 4.78 is 51.9. The zero-order valence-corrected chi connectivity index (χ0v) is 11.6. The molecule has 0 spiro atoms. The highest BCUT2D eigenvalue weighted by molar-refractivity contribution is 7.89. The van der Waals surface area contributed by atoms with Gasteiger partial charge in [-0.1, -0.05) is 0 Å². The Morgan fingerprint density at radius 3 is 2.65 bits per heavy atom. The Hall–Kier alpha value is -1.54. The predicted octanol–water partition coefficient (Wildman–Crippen LogP) is 0.864. The SMILES string of the molecule is CNC(=O)C1CCCN1S(=O)(=O)c1ccc(F)c(F)c1. The van der Waals surface area contributed by atoms with Crippen LogP contribution in [0.1, 0.15) is 12.8 Å². The second-order valence-corrected chi connectivity index (χ2v) is 6.35. The fourth-order valence-corrected chi connectivity index (χ4v) is 3.90. The molecule has 2 rings (SSSR count). The van der Waals surface area contributed by atoms with Crippen molar-refractivity contribution in [1.82, 2.24) is 9.62 Å². The highest BCUT2D eigenvalue weighted by atomic mass is 32.2. The Morgan fingerprint density at radius 2 is 2.05 bits per heavy atom. The number of rotatable bonds is 3. The summed E-state index contributed by atoms with van der Waals surface area (Å²) in [6.07, 6.45) is 0.948. The average molecular weight is 304 g/mol. The molecule has 0 bridgehead atoms. The maximum absolute atomic E-state index is 13.2. The van der Waals surface area contributed by atoms with Crippen LogP contribution >= 0.6 is 0 Å². The molecule has 1 saturated heterocycles. The number of carbonyl (C=O) groups excluding carboxylic acids is 1. The predicted molar refractivity (Wildman–Crippen MR) is 67.3 cm³/mol. The van der Waals surface area contributed by atoms with E-state index in [1.807, 2.05) is 0 Å². The molecule has 0 aliphatic carbocycles. The number of hydrogen-bond acceptors (Lipinski definition) is 3. The lowest BCUT2D eigenvalue weighted by Gasteiger charge is -2.22. The minimum atomic E-state index is -4.02. The maximum atomic E-state index is 13.2. The first kappa shape index (κ1) is 14.9. The molecular formula is C12H14F2N2O3S. The fourth-order valence-electron chi connectivity index (χ4n) is 2.23. The Balaban J connectivity index is 2.38. The summed E-state index contributed by atoms with van der Waals surface area (Å²) in [5.41, 5.74) is 0. The van der Waals surface area contributed by atoms with Gasteiger partial charge in [0, 0.05) is 13.6 Å². The molecule has 1 aromatic carbocycles. The van der Waals surface area contributed by atoms with Crippen molar-refractivity contribution in [2.24, 2.45) is 0 Å². The molecule has 1 aromatic rings. The standard InChI is InChI=1S/C12H14F2N2O3S/c1-15-12(17)11-3-2-6-16(11)20(18,19)8-4-5-9(13)10(14)7-8/h4-5,7,11H,2-3,6H2,1H3,(H,15,17). The van der Waals surface area contributed by atoms with Crippen molar-refractivity contribution in [3.8, 4) is 0 Å². The highest BCUT2D eigenvalue weighted by Crippen LogP contribution is 2.26. The topological polar surface area (TPSA) is 66.5 Å². The Labute approximate surface area is 115 Å². The quantitative estimate of drug-likeness (QED) is 0.901. The zero-order chi connectivity index (χ0) is 14.9. The number of halogens is 2. The highest BCUT2D eigenvalue weighted by Gasteiger charge is 2.39. The second kappa shape index (κ2) is 5.45. The molecule has 0 saturated carbocycles. The van der Waals surface area contributed by atoms with Crippen molar-refractivity contribution in [3.05, 3.63) is 29.8 Å². The Kier molecular flexibility index (Phi) is 4.05. The molecule has 1 fully saturated rings. The molecule has 1 N–H and O–H groups in total. The van der Waals surface area contributed by atoms with Gasteiger partial charge in [-0.15, -0.1) is 0 Å². The number of nitrogens with one attached hydrogen (secondary N) is 1. The summed E-state index contributed by atoms with van der Waals surface area (Å²) in [7, 11) is -2.60. The van der Waals surface area contributed by atoms with Gasteiger partial charge in [-0.3, -0.25) is 4.79 Å². The van der Waals surface area contributed by atoms with E-state index >= 15 is 0 Å². The second-order valence-electron chi connectivity index (χ2n) is 4.46. The third-order valence-electron chi connectivity index (χ3n) is 3.25. The van der Waals surface area contributed by atoms with E-state index in [1.54, 1.807) is 0 Å². The summed E-state index contributed by atoms with van der Waals surface area (Å²) in [6, 6.07) is 1.57. The summed E-state index contributed by atoms with van der Waals surface area (Å²) in [5.74, 6) is -2.76. The molecule has 1 unspecified atom stereocenters. The largest absolute Gasteiger partial charge is 0.358 e. The van der Waals surface area contributed by atoms with Crippen LogP contribution in [0, 0.1) is 11.6 Å². The van der Waals surface area contributed by atoms with Gasteiger partial charge in [0.25, 0.3) is 0 Å². The van der Waals surface area contributed by atoms with Gasteiger partial charge in [-0.25, -0.2) is 17.2 Å². The van der Waals surface area contributed by atoms with Gasteiger partial charge in [-0.05, 0) is 31.0 Å². The van der Waals surface area contributed by atoms with Crippen LogP contribution in [0.3, 0.4) is 0 Å². The van der Waals surface area contributed by atoms with E-state index in [2.05, 4.69) is 5.32 Å². The number of amides is 1. The summed E-state index contributed by atoms with van der Waals surface area (Å²) in [4.78, 5) is 11.3. The van der Waals surface area contributed by atoms with Crippen LogP contribution in [0.2, 0.25) is 0 Å². The number of hydrogen-bond donors (Lipinski definition) is 1. The van der Waals surface area contributed by atoms with Crippen molar-refractivity contribution in [2.75, 3.05) is 13.6 Å². The van der Waals surface area contributed by atoms with Crippen LogP contribution in [-0.2, 0) is 14.8 Å². The van der Waals surface area contributed by atoms with Crippen molar-refractivity contribution in [1.29, 1.82) is 0 Å². The molecule has 8 heteroatoms. The first-order chi connectivity index (χ1) is 9.37. The minimum absolute atomic E-state index is 0.180. The number of carbonyl (C=O) groups is 1. The van der Waals surface area contributed by atoms with Crippen LogP contribution in [-0.4, -0.2) is 38.3 Å². The number of sulfonamides is 1. The lowest BCUT2D eigenvalue weighted by Crippen LogP contribution is -2.44. The third kappa shape index (κ3) is 2.53. The number of likely N-dealkylation sites (N-methyl/N-ethyl adjacent to an activating group) is 1. The molecule has 1 aliphatic rings. The molecule has 5 nitrogen and oxygen atoms in total. The Bertz CT molecular complexity index is 634. The van der Waals surface area contributed by atoms with Crippen LogP contribution in [0.4, 0.5) is 8.78 Å². The molecule has 0 radical (unpaired) electrons. The molecule has 0 aromatic heterocycles. The van der Waals surface area contributed by atoms with E-state index < -0.39 is 33.6 Å². The van der Waals surface area contributed by atoms with Gasteiger partial charge < -0.3 is 5.32 Å². The van der Waals surface area contributed by atoms with Crippen LogP contribution in [0.25, 0.3) is 0 Å². The van der Waals surface area contributed by atoms with Gasteiger partial charge in [-0.2, -0.15) is 4.31 Å². The van der Waals surface area contributed by atoms with Gasteiger partial charge >= 0.3 is 0 Å². The molecule has 1 heterocycles. The fraction of sp³-hybridized carbons (Fsp3) is 0.417. The number of nitrogens with zero attached hydrogens (tertiary/aromatic N) is 1. The van der Waals surface area contributed by atoms with Gasteiger partial charge in [0.05, 0.1) is 4.90 Å². The van der Waals surface area contributed by atoms with Gasteiger partial charge in [0.15, 0.2) is 11.6 Å². The van der Waals surface area contributed by atoms with Crippen LogP contribution in [0.15, 0.2) is 23.1 Å². The lowest BCUT2D eigenvalue weighted by atomic mass is 10.2. The maximum Gasteiger partial charge on any atom is 0.243 e. The zero-order valence-electron chi connectivity index (χ0n) is 10.8. The first-order valence-corrected chi connectivity index (χ1v) is 7.50. The van der Waals surface area contributed by atoms with E-state index in [0.717, 1.165) is 16.4 Å². The van der Waals surface area contributed by atoms with E-state index in [4.69, 9.17) is 0 Å². The summed E-state index contributed by atoms with van der Waals surface area (Å²) >= 11 is 0. The van der Waals surface area contributed by atoms with Crippen LogP contribution < -0.4 is 5.32 Å². The molecular weight excluding hydrogens is 290 g/mol. The summed E-state index contributed by atoms with van der Waals surface area (Å²) in [6.45, 7) is 0.180. The van der Waals surface area contributed by atoms with Gasteiger partial charge in [0.1, 0.15) is 6.04 Å². The molecule has 1 aliphatic heterocycles. The monoisotopic (exact) mass is 304 g/mol. The first-order valence-electron chi connectivity index (χ1n) is 6.06. The molecule has 1 atom stereocenters. The van der Waals surface area contributed by atoms with Crippen LogP contribution in [0.5, 0.6) is 0 Å². The number of benzene rings is 1. The Morgan fingerprint density at radius 1 is 1.35 bits per heavy atom. The lowest BCUT2D eigenvalue weighted by molar-refractivity contribution is -0.123. The summed E-state index contributed by atoms with van der Waals surface area (Å²) in [5, 5.41) is 2.40. The van der Waals surface area contributed by atoms with E-state index in [-0.39, 0.29) is 11.4 Å².